The van der Waals surface area contributed by atoms with Crippen molar-refractivity contribution < 1.29 is 13.9 Å². The van der Waals surface area contributed by atoms with Crippen molar-refractivity contribution in [3.05, 3.63) is 48.4 Å². The number of likely N-dealkylation sites (tertiary alicyclic amines) is 1. The maximum absolute atomic E-state index is 13.6. The largest absolute Gasteiger partial charge is 0.454 e. The molecular weight excluding hydrogens is 285 g/mol. The molecule has 1 saturated heterocycles. The van der Waals surface area contributed by atoms with Gasteiger partial charge in [-0.2, -0.15) is 0 Å². The molecule has 1 aromatic carbocycles. The molecule has 5 nitrogen and oxygen atoms in total. The van der Waals surface area contributed by atoms with E-state index in [0.29, 0.717) is 11.6 Å². The third-order valence-corrected chi connectivity index (χ3v) is 3.42. The van der Waals surface area contributed by atoms with Gasteiger partial charge >= 0.3 is 6.03 Å². The minimum atomic E-state index is -0.443. The number of anilines is 1. The van der Waals surface area contributed by atoms with Gasteiger partial charge in [0.2, 0.25) is 0 Å². The highest BCUT2D eigenvalue weighted by molar-refractivity contribution is 5.88. The third kappa shape index (κ3) is 3.33. The van der Waals surface area contributed by atoms with E-state index < -0.39 is 5.82 Å². The molecule has 1 N–H and O–H groups in total. The van der Waals surface area contributed by atoms with Crippen molar-refractivity contribution in [3.8, 4) is 11.5 Å². The Bertz CT molecular complexity index is 672. The first-order valence-corrected chi connectivity index (χ1v) is 7.17. The summed E-state index contributed by atoms with van der Waals surface area (Å²) in [6, 6.07) is 9.16. The average molecular weight is 301 g/mol. The van der Waals surface area contributed by atoms with E-state index in [1.54, 1.807) is 29.2 Å². The van der Waals surface area contributed by atoms with Crippen LogP contribution in [0.4, 0.5) is 15.0 Å². The van der Waals surface area contributed by atoms with Crippen molar-refractivity contribution in [3.63, 3.8) is 0 Å². The van der Waals surface area contributed by atoms with Crippen LogP contribution in [0.5, 0.6) is 11.5 Å². The molecule has 6 heteroatoms. The summed E-state index contributed by atoms with van der Waals surface area (Å²) in [6.07, 6.45) is 3.56. The molecule has 0 radical (unpaired) electrons. The SMILES string of the molecule is O=C(Nc1cc(Oc2ccccc2F)ccn1)N1CCCC1. The van der Waals surface area contributed by atoms with Crippen LogP contribution < -0.4 is 10.1 Å². The number of halogens is 1. The zero-order valence-electron chi connectivity index (χ0n) is 12.0. The van der Waals surface area contributed by atoms with Crippen LogP contribution in [0.2, 0.25) is 0 Å². The number of hydrogen-bond donors (Lipinski definition) is 1. The normalized spacial score (nSPS) is 14.0. The summed E-state index contributed by atoms with van der Waals surface area (Å²) in [5.74, 6) is 0.482. The highest BCUT2D eigenvalue weighted by atomic mass is 19.1. The number of nitrogens with one attached hydrogen (secondary N) is 1. The van der Waals surface area contributed by atoms with Crippen molar-refractivity contribution in [2.45, 2.75) is 12.8 Å². The Balaban J connectivity index is 1.70. The lowest BCUT2D eigenvalue weighted by Gasteiger charge is -2.16. The monoisotopic (exact) mass is 301 g/mol. The molecule has 114 valence electrons. The van der Waals surface area contributed by atoms with Gasteiger partial charge in [0.05, 0.1) is 0 Å². The van der Waals surface area contributed by atoms with Gasteiger partial charge in [-0.1, -0.05) is 12.1 Å². The summed E-state index contributed by atoms with van der Waals surface area (Å²) < 4.78 is 19.1. The number of pyridine rings is 1. The number of amides is 2. The molecule has 1 aliphatic heterocycles. The second-order valence-electron chi connectivity index (χ2n) is 5.03. The van der Waals surface area contributed by atoms with Gasteiger partial charge in [-0.15, -0.1) is 0 Å². The first-order chi connectivity index (χ1) is 10.7. The molecule has 0 saturated carbocycles. The van der Waals surface area contributed by atoms with Crippen LogP contribution in [-0.4, -0.2) is 29.0 Å². The molecule has 0 bridgehead atoms. The van der Waals surface area contributed by atoms with E-state index in [0.717, 1.165) is 25.9 Å². The van der Waals surface area contributed by atoms with Crippen LogP contribution in [0.15, 0.2) is 42.6 Å². The van der Waals surface area contributed by atoms with E-state index in [1.165, 1.54) is 18.3 Å². The second-order valence-corrected chi connectivity index (χ2v) is 5.03. The molecule has 2 amide bonds. The minimum absolute atomic E-state index is 0.130. The zero-order valence-corrected chi connectivity index (χ0v) is 12.0. The molecule has 22 heavy (non-hydrogen) atoms. The van der Waals surface area contributed by atoms with Gasteiger partial charge < -0.3 is 9.64 Å². The van der Waals surface area contributed by atoms with Gasteiger partial charge in [-0.25, -0.2) is 14.2 Å². The number of carbonyl (C=O) groups excluding carboxylic acids is 1. The van der Waals surface area contributed by atoms with Crippen LogP contribution in [0.1, 0.15) is 12.8 Å². The number of carbonyl (C=O) groups is 1. The Labute approximate surface area is 127 Å². The molecule has 0 aliphatic carbocycles. The third-order valence-electron chi connectivity index (χ3n) is 3.42. The summed E-state index contributed by atoms with van der Waals surface area (Å²) in [5, 5.41) is 2.73. The van der Waals surface area contributed by atoms with Gasteiger partial charge in [0.1, 0.15) is 11.6 Å². The topological polar surface area (TPSA) is 54.5 Å². The smallest absolute Gasteiger partial charge is 0.323 e. The number of hydrogen-bond acceptors (Lipinski definition) is 3. The number of nitrogens with zero attached hydrogens (tertiary/aromatic N) is 2. The van der Waals surface area contributed by atoms with Crippen molar-refractivity contribution in [1.29, 1.82) is 0 Å². The first-order valence-electron chi connectivity index (χ1n) is 7.17. The van der Waals surface area contributed by atoms with E-state index in [9.17, 15) is 9.18 Å². The number of ether oxygens (including phenoxy) is 1. The Hall–Kier alpha value is -2.63. The average Bonchev–Trinajstić information content (AvgIpc) is 3.04. The van der Waals surface area contributed by atoms with Crippen LogP contribution in [0, 0.1) is 5.82 Å². The number of benzene rings is 1. The minimum Gasteiger partial charge on any atom is -0.454 e. The van der Waals surface area contributed by atoms with E-state index >= 15 is 0 Å². The van der Waals surface area contributed by atoms with Crippen LogP contribution in [0.3, 0.4) is 0 Å². The predicted octanol–water partition coefficient (Wildman–Crippen LogP) is 3.64. The molecule has 2 heterocycles. The Morgan fingerprint density at radius 1 is 1.23 bits per heavy atom. The standard InChI is InChI=1S/C16H16FN3O2/c17-13-5-1-2-6-14(13)22-12-7-8-18-15(11-12)19-16(21)20-9-3-4-10-20/h1-2,5-8,11H,3-4,9-10H2,(H,18,19,21). The number of urea groups is 1. The zero-order chi connectivity index (χ0) is 15.4. The number of rotatable bonds is 3. The molecule has 0 spiro atoms. The molecule has 3 rings (SSSR count). The Kier molecular flexibility index (Phi) is 4.18. The van der Waals surface area contributed by atoms with E-state index in [4.69, 9.17) is 4.74 Å². The fourth-order valence-electron chi connectivity index (χ4n) is 2.31. The quantitative estimate of drug-likeness (QED) is 0.941. The lowest BCUT2D eigenvalue weighted by Crippen LogP contribution is -2.32. The second kappa shape index (κ2) is 6.43. The molecule has 1 aromatic heterocycles. The maximum atomic E-state index is 13.6. The fraction of sp³-hybridized carbons (Fsp3) is 0.250. The Morgan fingerprint density at radius 2 is 2.00 bits per heavy atom. The van der Waals surface area contributed by atoms with Gasteiger partial charge in [0, 0.05) is 25.4 Å². The van der Waals surface area contributed by atoms with Crippen LogP contribution in [0.25, 0.3) is 0 Å². The van der Waals surface area contributed by atoms with Gasteiger partial charge in [-0.3, -0.25) is 5.32 Å². The van der Waals surface area contributed by atoms with Crippen molar-refractivity contribution in [1.82, 2.24) is 9.88 Å². The maximum Gasteiger partial charge on any atom is 0.323 e. The van der Waals surface area contributed by atoms with Crippen LogP contribution >= 0.6 is 0 Å². The lowest BCUT2D eigenvalue weighted by atomic mass is 10.3. The highest BCUT2D eigenvalue weighted by Gasteiger charge is 2.18. The van der Waals surface area contributed by atoms with Crippen molar-refractivity contribution in [2.24, 2.45) is 0 Å². The number of para-hydroxylation sites is 1. The Morgan fingerprint density at radius 3 is 2.77 bits per heavy atom. The molecule has 2 aromatic rings. The van der Waals surface area contributed by atoms with Crippen LogP contribution in [-0.2, 0) is 0 Å². The highest BCUT2D eigenvalue weighted by Crippen LogP contribution is 2.25. The van der Waals surface area contributed by atoms with Gasteiger partial charge in [-0.05, 0) is 31.0 Å². The first kappa shape index (κ1) is 14.3. The van der Waals surface area contributed by atoms with Gasteiger partial charge in [0.25, 0.3) is 0 Å². The summed E-state index contributed by atoms with van der Waals surface area (Å²) in [6.45, 7) is 1.52. The molecule has 1 aliphatic rings. The fourth-order valence-corrected chi connectivity index (χ4v) is 2.31. The van der Waals surface area contributed by atoms with Crippen molar-refractivity contribution >= 4 is 11.8 Å². The van der Waals surface area contributed by atoms with Gasteiger partial charge in [0.15, 0.2) is 11.6 Å². The summed E-state index contributed by atoms with van der Waals surface area (Å²) in [7, 11) is 0. The molecular formula is C16H16FN3O2. The number of aromatic nitrogens is 1. The molecule has 0 atom stereocenters. The molecule has 1 fully saturated rings. The summed E-state index contributed by atoms with van der Waals surface area (Å²) in [4.78, 5) is 17.8. The summed E-state index contributed by atoms with van der Waals surface area (Å²) in [5.41, 5.74) is 0. The van der Waals surface area contributed by atoms with E-state index in [2.05, 4.69) is 10.3 Å². The summed E-state index contributed by atoms with van der Waals surface area (Å²) >= 11 is 0. The lowest BCUT2D eigenvalue weighted by molar-refractivity contribution is 0.222. The van der Waals surface area contributed by atoms with E-state index in [-0.39, 0.29) is 11.8 Å². The predicted molar refractivity (Wildman–Crippen MR) is 80.5 cm³/mol. The molecule has 0 unspecified atom stereocenters. The van der Waals surface area contributed by atoms with E-state index in [1.807, 2.05) is 0 Å². The van der Waals surface area contributed by atoms with Crippen molar-refractivity contribution in [2.75, 3.05) is 18.4 Å².